The third-order valence-corrected chi connectivity index (χ3v) is 7.09. The number of aromatic nitrogens is 2. The minimum absolute atomic E-state index is 0. The summed E-state index contributed by atoms with van der Waals surface area (Å²) >= 11 is 1.50. The van der Waals surface area contributed by atoms with Gasteiger partial charge in [-0.1, -0.05) is 50.5 Å². The van der Waals surface area contributed by atoms with E-state index in [1.54, 1.807) is 0 Å². The van der Waals surface area contributed by atoms with Crippen molar-refractivity contribution in [2.75, 3.05) is 20.1 Å². The highest BCUT2D eigenvalue weighted by molar-refractivity contribution is 7.18. The summed E-state index contributed by atoms with van der Waals surface area (Å²) in [6.07, 6.45) is 8.00. The lowest BCUT2D eigenvalue weighted by Gasteiger charge is -2.30. The maximum Gasteiger partial charge on any atom is 0.265 e. The molecule has 0 radical (unpaired) electrons. The first-order valence-electron chi connectivity index (χ1n) is 10.5. The lowest BCUT2D eigenvalue weighted by molar-refractivity contribution is 0.0701. The van der Waals surface area contributed by atoms with Crippen LogP contribution in [0.1, 0.15) is 61.2 Å². The summed E-state index contributed by atoms with van der Waals surface area (Å²) in [6, 6.07) is 6.87. The van der Waals surface area contributed by atoms with E-state index < -0.39 is 0 Å². The Morgan fingerprint density at radius 3 is 2.62 bits per heavy atom. The van der Waals surface area contributed by atoms with Crippen LogP contribution in [0.15, 0.2) is 24.4 Å². The van der Waals surface area contributed by atoms with Crippen LogP contribution in [-0.4, -0.2) is 51.3 Å². The van der Waals surface area contributed by atoms with Crippen LogP contribution in [0.3, 0.4) is 0 Å². The fourth-order valence-corrected chi connectivity index (χ4v) is 5.25. The van der Waals surface area contributed by atoms with Crippen LogP contribution in [-0.2, 0) is 6.54 Å². The standard InChI is InChI=1S/C22H30N4OS.ClH/c1-4-25(5-2)14-16-11-12-18-19(13-16)26-15-20(28-22(26)23-18)21(27)24(3)17-9-7-6-8-10-17;/h11-13,15,17H,4-10,14H2,1-3H3;1H. The first-order chi connectivity index (χ1) is 13.6. The molecular weight excluding hydrogens is 404 g/mol. The van der Waals surface area contributed by atoms with Gasteiger partial charge in [0.25, 0.3) is 5.91 Å². The smallest absolute Gasteiger partial charge is 0.265 e. The average Bonchev–Trinajstić information content (AvgIpc) is 3.29. The van der Waals surface area contributed by atoms with E-state index in [2.05, 4.69) is 41.3 Å². The van der Waals surface area contributed by atoms with Gasteiger partial charge in [-0.2, -0.15) is 0 Å². The molecule has 0 unspecified atom stereocenters. The number of hydrogen-bond acceptors (Lipinski definition) is 4. The zero-order chi connectivity index (χ0) is 19.7. The Hall–Kier alpha value is -1.63. The summed E-state index contributed by atoms with van der Waals surface area (Å²) in [4.78, 5) is 23.8. The third-order valence-electron chi connectivity index (χ3n) is 6.12. The van der Waals surface area contributed by atoms with Gasteiger partial charge in [0, 0.05) is 25.8 Å². The normalized spacial score (nSPS) is 15.2. The fraction of sp³-hybridized carbons (Fsp3) is 0.545. The molecule has 29 heavy (non-hydrogen) atoms. The van der Waals surface area contributed by atoms with Crippen LogP contribution in [0.4, 0.5) is 0 Å². The van der Waals surface area contributed by atoms with Gasteiger partial charge < -0.3 is 4.90 Å². The molecule has 1 aliphatic carbocycles. The number of hydrogen-bond donors (Lipinski definition) is 0. The van der Waals surface area contributed by atoms with Crippen molar-refractivity contribution in [1.82, 2.24) is 19.2 Å². The van der Waals surface area contributed by atoms with Gasteiger partial charge >= 0.3 is 0 Å². The molecule has 0 atom stereocenters. The Kier molecular flexibility index (Phi) is 7.19. The Bertz CT molecular complexity index is 972. The molecule has 1 fully saturated rings. The van der Waals surface area contributed by atoms with Crippen LogP contribution in [0, 0.1) is 0 Å². The molecule has 3 aromatic rings. The number of imidazole rings is 1. The summed E-state index contributed by atoms with van der Waals surface area (Å²) < 4.78 is 2.09. The van der Waals surface area contributed by atoms with Crippen LogP contribution in [0.2, 0.25) is 0 Å². The summed E-state index contributed by atoms with van der Waals surface area (Å²) in [5.74, 6) is 0.134. The molecule has 1 amide bonds. The van der Waals surface area contributed by atoms with Crippen LogP contribution < -0.4 is 0 Å². The first-order valence-corrected chi connectivity index (χ1v) is 11.3. The number of halogens is 1. The lowest BCUT2D eigenvalue weighted by atomic mass is 9.94. The molecular formula is C22H31ClN4OS. The number of benzene rings is 1. The third kappa shape index (κ3) is 4.44. The van der Waals surface area contributed by atoms with E-state index in [1.807, 2.05) is 18.1 Å². The SMILES string of the molecule is CCN(CC)Cc1ccc2nc3sc(C(=O)N(C)C4CCCCC4)cn3c2c1.Cl. The first kappa shape index (κ1) is 22.1. The lowest BCUT2D eigenvalue weighted by Crippen LogP contribution is -2.37. The van der Waals surface area contributed by atoms with E-state index in [0.717, 1.165) is 53.3 Å². The van der Waals surface area contributed by atoms with Crippen LogP contribution in [0.5, 0.6) is 0 Å². The van der Waals surface area contributed by atoms with Gasteiger partial charge in [-0.05, 0) is 43.6 Å². The summed E-state index contributed by atoms with van der Waals surface area (Å²) in [7, 11) is 1.96. The molecule has 2 heterocycles. The Labute approximate surface area is 183 Å². The monoisotopic (exact) mass is 434 g/mol. The quantitative estimate of drug-likeness (QED) is 0.534. The van der Waals surface area contributed by atoms with Crippen molar-refractivity contribution in [3.8, 4) is 0 Å². The largest absolute Gasteiger partial charge is 0.338 e. The highest BCUT2D eigenvalue weighted by atomic mass is 35.5. The van der Waals surface area contributed by atoms with Crippen LogP contribution >= 0.6 is 23.7 Å². The maximum absolute atomic E-state index is 13.0. The van der Waals surface area contributed by atoms with Gasteiger partial charge in [-0.25, -0.2) is 4.98 Å². The van der Waals surface area contributed by atoms with Gasteiger partial charge in [0.1, 0.15) is 4.88 Å². The highest BCUT2D eigenvalue weighted by Crippen LogP contribution is 2.28. The number of thiazole rings is 1. The molecule has 4 rings (SSSR count). The van der Waals surface area contributed by atoms with Gasteiger partial charge in [-0.3, -0.25) is 14.1 Å². The van der Waals surface area contributed by atoms with Crippen molar-refractivity contribution in [1.29, 1.82) is 0 Å². The molecule has 0 aliphatic heterocycles. The molecule has 1 aromatic carbocycles. The molecule has 5 nitrogen and oxygen atoms in total. The van der Waals surface area contributed by atoms with Gasteiger partial charge in [0.2, 0.25) is 0 Å². The topological polar surface area (TPSA) is 40.9 Å². The molecule has 1 aliphatic rings. The number of carbonyl (C=O) groups is 1. The molecule has 0 N–H and O–H groups in total. The van der Waals surface area contributed by atoms with E-state index >= 15 is 0 Å². The average molecular weight is 435 g/mol. The molecule has 7 heteroatoms. The van der Waals surface area contributed by atoms with Crippen molar-refractivity contribution in [2.45, 2.75) is 58.5 Å². The van der Waals surface area contributed by atoms with E-state index in [9.17, 15) is 4.79 Å². The molecule has 1 saturated carbocycles. The summed E-state index contributed by atoms with van der Waals surface area (Å²) in [5.41, 5.74) is 3.38. The molecule has 0 saturated heterocycles. The second-order valence-electron chi connectivity index (χ2n) is 7.85. The van der Waals surface area contributed by atoms with E-state index in [4.69, 9.17) is 4.98 Å². The highest BCUT2D eigenvalue weighted by Gasteiger charge is 2.25. The molecule has 0 bridgehead atoms. The molecule has 158 valence electrons. The number of nitrogens with zero attached hydrogens (tertiary/aromatic N) is 4. The fourth-order valence-electron chi connectivity index (χ4n) is 4.27. The maximum atomic E-state index is 13.0. The predicted molar refractivity (Wildman–Crippen MR) is 123 cm³/mol. The number of rotatable bonds is 6. The number of carbonyl (C=O) groups excluding carboxylic acids is 1. The predicted octanol–water partition coefficient (Wildman–Crippen LogP) is 5.22. The second kappa shape index (κ2) is 9.45. The summed E-state index contributed by atoms with van der Waals surface area (Å²) in [5, 5.41) is 0. The van der Waals surface area contributed by atoms with Gasteiger partial charge in [-0.15, -0.1) is 12.4 Å². The van der Waals surface area contributed by atoms with Crippen molar-refractivity contribution in [2.24, 2.45) is 0 Å². The van der Waals surface area contributed by atoms with Crippen LogP contribution in [0.25, 0.3) is 16.0 Å². The Balaban J connectivity index is 0.00000240. The minimum Gasteiger partial charge on any atom is -0.338 e. The van der Waals surface area contributed by atoms with Gasteiger partial charge in [0.05, 0.1) is 11.0 Å². The molecule has 0 spiro atoms. The van der Waals surface area contributed by atoms with Crippen molar-refractivity contribution in [3.05, 3.63) is 34.8 Å². The molecule has 2 aromatic heterocycles. The Morgan fingerprint density at radius 1 is 1.21 bits per heavy atom. The van der Waals surface area contributed by atoms with Gasteiger partial charge in [0.15, 0.2) is 4.96 Å². The summed E-state index contributed by atoms with van der Waals surface area (Å²) in [6.45, 7) is 7.41. The van der Waals surface area contributed by atoms with Crippen molar-refractivity contribution < 1.29 is 4.79 Å². The zero-order valence-electron chi connectivity index (χ0n) is 17.6. The van der Waals surface area contributed by atoms with E-state index in [0.29, 0.717) is 6.04 Å². The van der Waals surface area contributed by atoms with Crippen molar-refractivity contribution >= 4 is 45.6 Å². The number of amides is 1. The second-order valence-corrected chi connectivity index (χ2v) is 8.86. The van der Waals surface area contributed by atoms with Crippen molar-refractivity contribution in [3.63, 3.8) is 0 Å². The van der Waals surface area contributed by atoms with E-state index in [1.165, 1.54) is 36.2 Å². The zero-order valence-corrected chi connectivity index (χ0v) is 19.2. The van der Waals surface area contributed by atoms with E-state index in [-0.39, 0.29) is 18.3 Å². The Morgan fingerprint density at radius 2 is 1.93 bits per heavy atom. The number of fused-ring (bicyclic) bond motifs is 3. The minimum atomic E-state index is 0.